The average molecular weight is 518 g/mol. The second-order valence-corrected chi connectivity index (χ2v) is 9.75. The van der Waals surface area contributed by atoms with E-state index in [-0.39, 0.29) is 11.4 Å². The summed E-state index contributed by atoms with van der Waals surface area (Å²) in [6.07, 6.45) is 3.19. The zero-order chi connectivity index (χ0) is 25.0. The molecule has 1 heterocycles. The highest BCUT2D eigenvalue weighted by Gasteiger charge is 2.21. The number of ether oxygens (including phenoxy) is 2. The van der Waals surface area contributed by atoms with Gasteiger partial charge in [0.05, 0.1) is 10.8 Å². The molecule has 3 aromatic rings. The lowest BCUT2D eigenvalue weighted by Gasteiger charge is -2.14. The lowest BCUT2D eigenvalue weighted by atomic mass is 10.3. The Kier molecular flexibility index (Phi) is 7.72. The van der Waals surface area contributed by atoms with Gasteiger partial charge in [0.15, 0.2) is 38.5 Å². The Hall–Kier alpha value is -3.25. The first-order chi connectivity index (χ1) is 15.9. The predicted molar refractivity (Wildman–Crippen MR) is 116 cm³/mol. The van der Waals surface area contributed by atoms with Crippen LogP contribution in [0.5, 0.6) is 23.4 Å². The third kappa shape index (κ3) is 6.41. The Morgan fingerprint density at radius 3 is 2.09 bits per heavy atom. The van der Waals surface area contributed by atoms with E-state index in [1.165, 1.54) is 6.92 Å². The molecule has 0 saturated heterocycles. The van der Waals surface area contributed by atoms with Crippen molar-refractivity contribution >= 4 is 27.7 Å². The van der Waals surface area contributed by atoms with Crippen molar-refractivity contribution in [1.29, 1.82) is 0 Å². The molecule has 0 amide bonds. The van der Waals surface area contributed by atoms with Crippen molar-refractivity contribution in [1.82, 2.24) is 9.97 Å². The highest BCUT2D eigenvalue weighted by atomic mass is 35.5. The highest BCUT2D eigenvalue weighted by Crippen LogP contribution is 2.35. The van der Waals surface area contributed by atoms with Crippen LogP contribution in [0.25, 0.3) is 0 Å². The van der Waals surface area contributed by atoms with Crippen molar-refractivity contribution in [3.8, 4) is 23.4 Å². The second-order valence-electron chi connectivity index (χ2n) is 6.94. The Morgan fingerprint density at radius 1 is 1.00 bits per heavy atom. The van der Waals surface area contributed by atoms with Gasteiger partial charge in [0.25, 0.3) is 0 Å². The number of hydrogen-bond donors (Lipinski definition) is 0. The maximum Gasteiger partial charge on any atom is 0.325 e. The van der Waals surface area contributed by atoms with Crippen molar-refractivity contribution < 1.29 is 35.5 Å². The highest BCUT2D eigenvalue weighted by molar-refractivity contribution is 7.91. The van der Waals surface area contributed by atoms with Gasteiger partial charge >= 0.3 is 6.01 Å². The molecule has 180 valence electrons. The Morgan fingerprint density at radius 2 is 1.56 bits per heavy atom. The van der Waals surface area contributed by atoms with Crippen LogP contribution in [0.4, 0.5) is 17.6 Å². The van der Waals surface area contributed by atoms with Crippen molar-refractivity contribution in [2.45, 2.75) is 17.7 Å². The molecule has 0 spiro atoms. The molecule has 3 rings (SSSR count). The summed E-state index contributed by atoms with van der Waals surface area (Å²) in [6, 6.07) is 4.58. The number of aromatic nitrogens is 2. The summed E-state index contributed by atoms with van der Waals surface area (Å²) in [6.45, 7) is 1.39. The fraction of sp³-hybridized carbons (Fsp3) is 0.190. The summed E-state index contributed by atoms with van der Waals surface area (Å²) in [5.74, 6) is -5.00. The van der Waals surface area contributed by atoms with Crippen LogP contribution in [0.3, 0.4) is 0 Å². The van der Waals surface area contributed by atoms with E-state index in [2.05, 4.69) is 15.0 Å². The molecule has 0 aliphatic heterocycles. The molecular formula is C21H16ClF4N3O4S. The number of alkyl halides is 1. The van der Waals surface area contributed by atoms with Gasteiger partial charge < -0.3 is 9.47 Å². The van der Waals surface area contributed by atoms with Crippen LogP contribution >= 0.6 is 11.6 Å². The maximum absolute atomic E-state index is 14.1. The van der Waals surface area contributed by atoms with E-state index in [1.54, 1.807) is 0 Å². The van der Waals surface area contributed by atoms with Crippen LogP contribution in [0, 0.1) is 23.3 Å². The molecule has 0 radical (unpaired) electrons. The monoisotopic (exact) mass is 517 g/mol. The normalized spacial score (nSPS) is 13.6. The molecule has 0 fully saturated rings. The first-order valence-corrected chi connectivity index (χ1v) is 11.8. The van der Waals surface area contributed by atoms with Gasteiger partial charge in [0, 0.05) is 30.8 Å². The largest absolute Gasteiger partial charge is 0.435 e. The van der Waals surface area contributed by atoms with Crippen molar-refractivity contribution in [3.05, 3.63) is 71.4 Å². The third-order valence-corrected chi connectivity index (χ3v) is 6.13. The predicted octanol–water partition coefficient (Wildman–Crippen LogP) is 5.36. The SMILES string of the molecule is CC(C=NC(Cl)c1cnc(Oc2ccc(F)cc2F)nc1Oc1ccc(F)cc1F)S(C)(=O)=O. The van der Waals surface area contributed by atoms with E-state index in [4.69, 9.17) is 21.1 Å². The van der Waals surface area contributed by atoms with Gasteiger partial charge in [-0.05, 0) is 31.2 Å². The topological polar surface area (TPSA) is 90.7 Å². The molecule has 2 aromatic carbocycles. The maximum atomic E-state index is 14.1. The smallest absolute Gasteiger partial charge is 0.325 e. The molecular weight excluding hydrogens is 502 g/mol. The average Bonchev–Trinajstić information content (AvgIpc) is 2.75. The fourth-order valence-corrected chi connectivity index (χ4v) is 2.87. The van der Waals surface area contributed by atoms with Gasteiger partial charge in [0.1, 0.15) is 11.6 Å². The number of sulfone groups is 1. The molecule has 2 atom stereocenters. The van der Waals surface area contributed by atoms with Gasteiger partial charge in [-0.15, -0.1) is 0 Å². The first kappa shape index (κ1) is 25.4. The van der Waals surface area contributed by atoms with E-state index in [9.17, 15) is 26.0 Å². The van der Waals surface area contributed by atoms with Crippen molar-refractivity contribution in [2.75, 3.05) is 6.26 Å². The van der Waals surface area contributed by atoms with Crippen molar-refractivity contribution in [3.63, 3.8) is 0 Å². The van der Waals surface area contributed by atoms with Crippen LogP contribution in [-0.4, -0.2) is 36.1 Å². The van der Waals surface area contributed by atoms with Gasteiger partial charge in [-0.3, -0.25) is 4.99 Å². The minimum Gasteiger partial charge on any atom is -0.435 e. The summed E-state index contributed by atoms with van der Waals surface area (Å²) >= 11 is 6.24. The molecule has 0 aliphatic rings. The van der Waals surface area contributed by atoms with Crippen LogP contribution in [0.1, 0.15) is 18.0 Å². The number of hydrogen-bond acceptors (Lipinski definition) is 7. The second kappa shape index (κ2) is 10.3. The zero-order valence-corrected chi connectivity index (χ0v) is 19.1. The molecule has 34 heavy (non-hydrogen) atoms. The first-order valence-electron chi connectivity index (χ1n) is 9.43. The molecule has 0 saturated carbocycles. The molecule has 0 bridgehead atoms. The molecule has 7 nitrogen and oxygen atoms in total. The number of aliphatic imine (C=N–C) groups is 1. The van der Waals surface area contributed by atoms with Gasteiger partial charge in [-0.25, -0.2) is 31.0 Å². The molecule has 0 N–H and O–H groups in total. The minimum absolute atomic E-state index is 0.0331. The van der Waals surface area contributed by atoms with Crippen LogP contribution in [-0.2, 0) is 9.84 Å². The summed E-state index contributed by atoms with van der Waals surface area (Å²) in [4.78, 5) is 11.7. The number of benzene rings is 2. The van der Waals surface area contributed by atoms with Crippen LogP contribution in [0.15, 0.2) is 47.6 Å². The zero-order valence-electron chi connectivity index (χ0n) is 17.5. The van der Waals surface area contributed by atoms with Gasteiger partial charge in [-0.1, -0.05) is 11.6 Å². The summed E-state index contributed by atoms with van der Waals surface area (Å²) in [7, 11) is -3.44. The molecule has 0 aliphatic carbocycles. The van der Waals surface area contributed by atoms with Crippen LogP contribution in [0.2, 0.25) is 0 Å². The Balaban J connectivity index is 1.99. The summed E-state index contributed by atoms with van der Waals surface area (Å²) in [5.41, 5.74) is -1.31. The molecule has 1 aromatic heterocycles. The number of halogens is 5. The summed E-state index contributed by atoms with van der Waals surface area (Å²) in [5, 5.41) is -0.961. The Labute approximate surface area is 197 Å². The lowest BCUT2D eigenvalue weighted by Crippen LogP contribution is -2.17. The third-order valence-electron chi connectivity index (χ3n) is 4.31. The van der Waals surface area contributed by atoms with Gasteiger partial charge in [-0.2, -0.15) is 4.98 Å². The molecule has 2 unspecified atom stereocenters. The minimum atomic E-state index is -3.44. The fourth-order valence-electron chi connectivity index (χ4n) is 2.36. The van der Waals surface area contributed by atoms with E-state index < -0.39 is 61.4 Å². The van der Waals surface area contributed by atoms with Crippen molar-refractivity contribution in [2.24, 2.45) is 4.99 Å². The van der Waals surface area contributed by atoms with E-state index in [0.717, 1.165) is 42.9 Å². The quantitative estimate of drug-likeness (QED) is 0.173. The lowest BCUT2D eigenvalue weighted by molar-refractivity contribution is 0.379. The number of nitrogens with zero attached hydrogens (tertiary/aromatic N) is 3. The van der Waals surface area contributed by atoms with Crippen LogP contribution < -0.4 is 9.47 Å². The van der Waals surface area contributed by atoms with E-state index in [0.29, 0.717) is 12.1 Å². The number of rotatable bonds is 8. The Bertz CT molecular complexity index is 1340. The standard InChI is InChI=1S/C21H16ClF4N3O4S/c1-11(34(2,30)31)9-27-19(22)14-10-28-21(33-18-6-4-13(24)8-16(18)26)29-20(14)32-17-5-3-12(23)7-15(17)25/h3-11,19H,1-2H3. The van der Waals surface area contributed by atoms with E-state index in [1.807, 2.05) is 0 Å². The molecule has 13 heteroatoms. The summed E-state index contributed by atoms with van der Waals surface area (Å²) < 4.78 is 88.3. The van der Waals surface area contributed by atoms with E-state index >= 15 is 0 Å². The van der Waals surface area contributed by atoms with Gasteiger partial charge in [0.2, 0.25) is 5.88 Å².